The molecule has 0 radical (unpaired) electrons. The van der Waals surface area contributed by atoms with Gasteiger partial charge in [-0.2, -0.15) is 13.2 Å². The Morgan fingerprint density at radius 3 is 2.63 bits per heavy atom. The van der Waals surface area contributed by atoms with E-state index in [1.165, 1.54) is 23.6 Å². The van der Waals surface area contributed by atoms with Crippen LogP contribution in [0.4, 0.5) is 13.2 Å². The van der Waals surface area contributed by atoms with E-state index in [0.717, 1.165) is 5.39 Å². The molecule has 0 fully saturated rings. The minimum absolute atomic E-state index is 0.0334. The molecule has 0 aliphatic heterocycles. The fraction of sp³-hybridized carbons (Fsp3) is 0.111. The number of aromatic nitrogens is 3. The van der Waals surface area contributed by atoms with Crippen LogP contribution >= 0.6 is 11.6 Å². The zero-order valence-corrected chi connectivity index (χ0v) is 14.5. The summed E-state index contributed by atoms with van der Waals surface area (Å²) in [7, 11) is 1.34. The van der Waals surface area contributed by atoms with Gasteiger partial charge in [-0.1, -0.05) is 17.7 Å². The highest BCUT2D eigenvalue weighted by atomic mass is 35.5. The molecule has 4 aromatic rings. The molecule has 1 aromatic carbocycles. The van der Waals surface area contributed by atoms with Crippen LogP contribution in [0.3, 0.4) is 0 Å². The number of pyridine rings is 2. The van der Waals surface area contributed by atoms with Crippen molar-refractivity contribution in [2.45, 2.75) is 6.18 Å². The number of aromatic amines is 1. The lowest BCUT2D eigenvalue weighted by atomic mass is 10.1. The fourth-order valence-corrected chi connectivity index (χ4v) is 3.29. The van der Waals surface area contributed by atoms with Crippen molar-refractivity contribution in [3.63, 3.8) is 0 Å². The van der Waals surface area contributed by atoms with Crippen molar-refractivity contribution in [2.75, 3.05) is 7.11 Å². The normalized spacial score (nSPS) is 12.0. The van der Waals surface area contributed by atoms with Gasteiger partial charge in [0.1, 0.15) is 5.15 Å². The molecular weight excluding hydrogens is 383 g/mol. The molecule has 3 heterocycles. The predicted molar refractivity (Wildman–Crippen MR) is 95.3 cm³/mol. The average molecular weight is 394 g/mol. The molecule has 0 unspecified atom stereocenters. The SMILES string of the molecule is COc1ccc(-c2ccc3[nH]c(=O)ccc3c2)n2c(Cl)c(C(F)(F)F)nc12. The maximum absolute atomic E-state index is 13.3. The standard InChI is InChI=1S/C18H11ClF3N3O2/c1-27-13-6-5-12(25-16(19)15(18(20,21)22)24-17(13)25)10-2-4-11-9(8-10)3-7-14(26)23-11/h2-8H,1H3,(H,23,26). The zero-order valence-electron chi connectivity index (χ0n) is 13.8. The Labute approximate surface area is 155 Å². The van der Waals surface area contributed by atoms with Gasteiger partial charge in [0.2, 0.25) is 5.56 Å². The van der Waals surface area contributed by atoms with Crippen LogP contribution < -0.4 is 10.3 Å². The molecule has 4 rings (SSSR count). The van der Waals surface area contributed by atoms with Crippen LogP contribution in [0.15, 0.2) is 47.3 Å². The van der Waals surface area contributed by atoms with Crippen LogP contribution in [-0.4, -0.2) is 21.5 Å². The average Bonchev–Trinajstić information content (AvgIpc) is 2.99. The Hall–Kier alpha value is -3.00. The van der Waals surface area contributed by atoms with Crippen molar-refractivity contribution in [2.24, 2.45) is 0 Å². The Morgan fingerprint density at radius 1 is 1.15 bits per heavy atom. The first kappa shape index (κ1) is 17.4. The van der Waals surface area contributed by atoms with Crippen molar-refractivity contribution < 1.29 is 17.9 Å². The van der Waals surface area contributed by atoms with E-state index in [1.54, 1.807) is 30.3 Å². The molecule has 0 saturated heterocycles. The van der Waals surface area contributed by atoms with Crippen LogP contribution in [0.25, 0.3) is 27.8 Å². The summed E-state index contributed by atoms with van der Waals surface area (Å²) in [6.45, 7) is 0. The van der Waals surface area contributed by atoms with Gasteiger partial charge in [0.05, 0.1) is 12.8 Å². The second-order valence-corrected chi connectivity index (χ2v) is 6.18. The molecular formula is C18H11ClF3N3O2. The number of nitrogens with zero attached hydrogens (tertiary/aromatic N) is 2. The summed E-state index contributed by atoms with van der Waals surface area (Å²) in [6, 6.07) is 11.3. The Kier molecular flexibility index (Phi) is 3.88. The Bertz CT molecular complexity index is 1240. The lowest BCUT2D eigenvalue weighted by Crippen LogP contribution is -2.06. The smallest absolute Gasteiger partial charge is 0.436 e. The molecule has 0 atom stereocenters. The monoisotopic (exact) mass is 393 g/mol. The van der Waals surface area contributed by atoms with Crippen molar-refractivity contribution >= 4 is 28.2 Å². The number of H-pyrrole nitrogens is 1. The van der Waals surface area contributed by atoms with Crippen molar-refractivity contribution in [1.29, 1.82) is 0 Å². The second-order valence-electron chi connectivity index (χ2n) is 5.82. The molecule has 1 N–H and O–H groups in total. The number of rotatable bonds is 2. The van der Waals surface area contributed by atoms with Gasteiger partial charge in [-0.25, -0.2) is 4.98 Å². The van der Waals surface area contributed by atoms with Crippen LogP contribution in [0.2, 0.25) is 5.15 Å². The van der Waals surface area contributed by atoms with E-state index in [4.69, 9.17) is 16.3 Å². The topological polar surface area (TPSA) is 59.4 Å². The summed E-state index contributed by atoms with van der Waals surface area (Å²) in [5.41, 5.74) is 0.175. The first-order valence-corrected chi connectivity index (χ1v) is 8.13. The number of hydrogen-bond donors (Lipinski definition) is 1. The van der Waals surface area contributed by atoms with E-state index in [2.05, 4.69) is 9.97 Å². The number of fused-ring (bicyclic) bond motifs is 2. The second kappa shape index (κ2) is 6.02. The van der Waals surface area contributed by atoms with Gasteiger partial charge < -0.3 is 9.72 Å². The third-order valence-electron chi connectivity index (χ3n) is 4.18. The van der Waals surface area contributed by atoms with Crippen LogP contribution in [0.5, 0.6) is 5.75 Å². The Morgan fingerprint density at radius 2 is 1.93 bits per heavy atom. The van der Waals surface area contributed by atoms with Crippen molar-refractivity contribution in [3.8, 4) is 17.0 Å². The summed E-state index contributed by atoms with van der Waals surface area (Å²) >= 11 is 6.04. The third kappa shape index (κ3) is 2.82. The zero-order chi connectivity index (χ0) is 19.3. The summed E-state index contributed by atoms with van der Waals surface area (Å²) < 4.78 is 46.1. The first-order valence-electron chi connectivity index (χ1n) is 7.75. The highest BCUT2D eigenvalue weighted by molar-refractivity contribution is 6.30. The number of halogens is 4. The number of ether oxygens (including phenoxy) is 1. The van der Waals surface area contributed by atoms with E-state index in [-0.39, 0.29) is 17.0 Å². The number of methoxy groups -OCH3 is 1. The number of benzene rings is 1. The van der Waals surface area contributed by atoms with Gasteiger partial charge in [-0.15, -0.1) is 0 Å². The number of nitrogens with one attached hydrogen (secondary N) is 1. The van der Waals surface area contributed by atoms with Gasteiger partial charge in [0.15, 0.2) is 17.1 Å². The molecule has 0 spiro atoms. The van der Waals surface area contributed by atoms with E-state index in [9.17, 15) is 18.0 Å². The lowest BCUT2D eigenvalue weighted by Gasteiger charge is -2.10. The maximum Gasteiger partial charge on any atom is 0.436 e. The third-order valence-corrected chi connectivity index (χ3v) is 4.53. The molecule has 0 aliphatic carbocycles. The molecule has 3 aromatic heterocycles. The Balaban J connectivity index is 2.03. The van der Waals surface area contributed by atoms with E-state index in [0.29, 0.717) is 16.8 Å². The van der Waals surface area contributed by atoms with Gasteiger partial charge in [0.25, 0.3) is 0 Å². The van der Waals surface area contributed by atoms with E-state index in [1.807, 2.05) is 0 Å². The summed E-state index contributed by atoms with van der Waals surface area (Å²) in [5, 5.41) is 0.177. The minimum Gasteiger partial charge on any atom is -0.493 e. The summed E-state index contributed by atoms with van der Waals surface area (Å²) in [6.07, 6.45) is -4.70. The van der Waals surface area contributed by atoms with Gasteiger partial charge in [-0.05, 0) is 41.3 Å². The fourth-order valence-electron chi connectivity index (χ4n) is 2.97. The van der Waals surface area contributed by atoms with Crippen molar-refractivity contribution in [1.82, 2.24) is 14.4 Å². The predicted octanol–water partition coefficient (Wildman–Crippen LogP) is 4.52. The number of alkyl halides is 3. The molecule has 0 amide bonds. The molecule has 9 heteroatoms. The molecule has 27 heavy (non-hydrogen) atoms. The van der Waals surface area contributed by atoms with Crippen LogP contribution in [0.1, 0.15) is 5.69 Å². The van der Waals surface area contributed by atoms with Crippen LogP contribution in [0, 0.1) is 0 Å². The first-order chi connectivity index (χ1) is 12.8. The van der Waals surface area contributed by atoms with Gasteiger partial charge in [0, 0.05) is 11.6 Å². The van der Waals surface area contributed by atoms with Gasteiger partial charge in [-0.3, -0.25) is 9.20 Å². The van der Waals surface area contributed by atoms with Crippen LogP contribution in [-0.2, 0) is 6.18 Å². The van der Waals surface area contributed by atoms with E-state index >= 15 is 0 Å². The molecule has 138 valence electrons. The maximum atomic E-state index is 13.3. The largest absolute Gasteiger partial charge is 0.493 e. The number of imidazole rings is 1. The summed E-state index contributed by atoms with van der Waals surface area (Å²) in [5.74, 6) is 0.168. The molecule has 0 aliphatic rings. The lowest BCUT2D eigenvalue weighted by molar-refractivity contribution is -0.140. The van der Waals surface area contributed by atoms with Gasteiger partial charge >= 0.3 is 6.18 Å². The highest BCUT2D eigenvalue weighted by Gasteiger charge is 2.38. The van der Waals surface area contributed by atoms with E-state index < -0.39 is 17.0 Å². The van der Waals surface area contributed by atoms with Crippen molar-refractivity contribution in [3.05, 3.63) is 63.7 Å². The molecule has 5 nitrogen and oxygen atoms in total. The highest BCUT2D eigenvalue weighted by Crippen LogP contribution is 2.39. The minimum atomic E-state index is -4.70. The molecule has 0 bridgehead atoms. The number of hydrogen-bond acceptors (Lipinski definition) is 3. The quantitative estimate of drug-likeness (QED) is 0.544. The summed E-state index contributed by atoms with van der Waals surface area (Å²) in [4.78, 5) is 17.8. The molecule has 0 saturated carbocycles.